The van der Waals surface area contributed by atoms with Crippen LogP contribution in [0.25, 0.3) is 0 Å². The van der Waals surface area contributed by atoms with Crippen LogP contribution >= 0.6 is 0 Å². The molecule has 10 heteroatoms. The number of aliphatic hydroxyl groups excluding tert-OH is 1. The molecule has 0 radical (unpaired) electrons. The van der Waals surface area contributed by atoms with Crippen LogP contribution in [-0.4, -0.2) is 74.2 Å². The SMILES string of the molecule is O=C(CCCCCCOCC(F)(F)F)N[C@H](CN1CCCC1)[C@H](O)c1ccc2c(c1)OCCO2. The quantitative estimate of drug-likeness (QED) is 0.413. The Balaban J connectivity index is 1.45. The van der Waals surface area contributed by atoms with Crippen molar-refractivity contribution in [2.75, 3.05) is 46.1 Å². The highest BCUT2D eigenvalue weighted by molar-refractivity contribution is 5.76. The molecule has 2 N–H and O–H groups in total. The monoisotopic (exact) mass is 488 g/mol. The Labute approximate surface area is 198 Å². The van der Waals surface area contributed by atoms with Crippen molar-refractivity contribution in [3.63, 3.8) is 0 Å². The molecule has 1 fully saturated rings. The zero-order chi connectivity index (χ0) is 24.4. The zero-order valence-corrected chi connectivity index (χ0v) is 19.4. The number of likely N-dealkylation sites (tertiary alicyclic amines) is 1. The van der Waals surface area contributed by atoms with Crippen molar-refractivity contribution in [3.05, 3.63) is 23.8 Å². The van der Waals surface area contributed by atoms with Gasteiger partial charge < -0.3 is 29.5 Å². The van der Waals surface area contributed by atoms with Crippen molar-refractivity contribution in [2.24, 2.45) is 0 Å². The molecule has 0 aromatic heterocycles. The van der Waals surface area contributed by atoms with Gasteiger partial charge >= 0.3 is 6.18 Å². The molecule has 1 amide bonds. The van der Waals surface area contributed by atoms with E-state index < -0.39 is 24.9 Å². The van der Waals surface area contributed by atoms with E-state index >= 15 is 0 Å². The number of ether oxygens (including phenoxy) is 3. The number of fused-ring (bicyclic) bond motifs is 1. The number of rotatable bonds is 13. The topological polar surface area (TPSA) is 80.3 Å². The van der Waals surface area contributed by atoms with E-state index in [-0.39, 0.29) is 12.5 Å². The Kier molecular flexibility index (Phi) is 10.3. The third-order valence-electron chi connectivity index (χ3n) is 6.00. The average Bonchev–Trinajstić information content (AvgIpc) is 3.32. The molecule has 1 aromatic rings. The van der Waals surface area contributed by atoms with Gasteiger partial charge in [0.2, 0.25) is 5.91 Å². The van der Waals surface area contributed by atoms with Gasteiger partial charge in [-0.15, -0.1) is 0 Å². The molecule has 2 heterocycles. The number of unbranched alkanes of at least 4 members (excludes halogenated alkanes) is 3. The third kappa shape index (κ3) is 8.96. The lowest BCUT2D eigenvalue weighted by molar-refractivity contribution is -0.174. The van der Waals surface area contributed by atoms with Gasteiger partial charge in [0.25, 0.3) is 0 Å². The zero-order valence-electron chi connectivity index (χ0n) is 19.4. The van der Waals surface area contributed by atoms with Crippen LogP contribution < -0.4 is 14.8 Å². The van der Waals surface area contributed by atoms with Crippen molar-refractivity contribution in [1.82, 2.24) is 10.2 Å². The molecule has 34 heavy (non-hydrogen) atoms. The number of benzene rings is 1. The molecule has 7 nitrogen and oxygen atoms in total. The predicted molar refractivity (Wildman–Crippen MR) is 120 cm³/mol. The summed E-state index contributed by atoms with van der Waals surface area (Å²) >= 11 is 0. The fourth-order valence-electron chi connectivity index (χ4n) is 4.25. The second-order valence-corrected chi connectivity index (χ2v) is 8.86. The van der Waals surface area contributed by atoms with Crippen LogP contribution in [0.3, 0.4) is 0 Å². The first-order valence-corrected chi connectivity index (χ1v) is 12.1. The standard InChI is InChI=1S/C24H35F3N2O5/c25-24(26,27)17-32-12-6-2-1-3-7-22(30)28-19(16-29-10-4-5-11-29)23(31)18-8-9-20-21(15-18)34-14-13-33-20/h8-9,15,19,23,31H,1-7,10-14,16-17H2,(H,28,30)/t19-,23-/m1/s1. The number of nitrogens with zero attached hydrogens (tertiary/aromatic N) is 1. The smallest absolute Gasteiger partial charge is 0.411 e. The highest BCUT2D eigenvalue weighted by atomic mass is 19.4. The number of aliphatic hydroxyl groups is 1. The van der Waals surface area contributed by atoms with E-state index in [1.54, 1.807) is 18.2 Å². The Hall–Kier alpha value is -2.04. The number of hydrogen-bond donors (Lipinski definition) is 2. The minimum absolute atomic E-state index is 0.0609. The Morgan fingerprint density at radius 2 is 1.79 bits per heavy atom. The number of amides is 1. The first kappa shape index (κ1) is 26.6. The van der Waals surface area contributed by atoms with E-state index in [2.05, 4.69) is 15.0 Å². The van der Waals surface area contributed by atoms with Crippen molar-refractivity contribution >= 4 is 5.91 Å². The van der Waals surface area contributed by atoms with Gasteiger partial charge in [0.15, 0.2) is 11.5 Å². The minimum Gasteiger partial charge on any atom is -0.486 e. The van der Waals surface area contributed by atoms with Gasteiger partial charge in [-0.2, -0.15) is 13.2 Å². The second-order valence-electron chi connectivity index (χ2n) is 8.86. The van der Waals surface area contributed by atoms with Crippen molar-refractivity contribution in [1.29, 1.82) is 0 Å². The molecule has 192 valence electrons. The highest BCUT2D eigenvalue weighted by Crippen LogP contribution is 2.33. The maximum atomic E-state index is 12.6. The number of nitrogens with one attached hydrogen (secondary N) is 1. The maximum absolute atomic E-state index is 12.6. The lowest BCUT2D eigenvalue weighted by Crippen LogP contribution is -2.46. The summed E-state index contributed by atoms with van der Waals surface area (Å²) in [6.07, 6.45) is -0.110. The molecule has 3 rings (SSSR count). The summed E-state index contributed by atoms with van der Waals surface area (Å²) < 4.78 is 51.9. The van der Waals surface area contributed by atoms with Crippen LogP contribution in [0, 0.1) is 0 Å². The summed E-state index contributed by atoms with van der Waals surface area (Å²) in [5.74, 6) is 1.09. The van der Waals surface area contributed by atoms with E-state index in [0.717, 1.165) is 32.4 Å². The summed E-state index contributed by atoms with van der Waals surface area (Å²) in [6, 6.07) is 4.87. The Bertz CT molecular complexity index is 771. The fourth-order valence-corrected chi connectivity index (χ4v) is 4.25. The van der Waals surface area contributed by atoms with E-state index in [1.807, 2.05) is 0 Å². The molecule has 0 aliphatic carbocycles. The normalized spacial score (nSPS) is 18.0. The molecular formula is C24H35F3N2O5. The Morgan fingerprint density at radius 3 is 2.53 bits per heavy atom. The van der Waals surface area contributed by atoms with Crippen LogP contribution in [0.2, 0.25) is 0 Å². The van der Waals surface area contributed by atoms with Crippen molar-refractivity contribution in [3.8, 4) is 11.5 Å². The fraction of sp³-hybridized carbons (Fsp3) is 0.708. The largest absolute Gasteiger partial charge is 0.486 e. The van der Waals surface area contributed by atoms with Crippen LogP contribution in [0.5, 0.6) is 11.5 Å². The molecular weight excluding hydrogens is 453 g/mol. The minimum atomic E-state index is -4.30. The first-order valence-electron chi connectivity index (χ1n) is 12.1. The van der Waals surface area contributed by atoms with Crippen molar-refractivity contribution in [2.45, 2.75) is 63.3 Å². The second kappa shape index (κ2) is 13.2. The summed E-state index contributed by atoms with van der Waals surface area (Å²) in [4.78, 5) is 14.8. The van der Waals surface area contributed by atoms with E-state index in [4.69, 9.17) is 9.47 Å². The number of halogens is 3. The molecule has 1 saturated heterocycles. The molecule has 2 atom stereocenters. The molecule has 0 saturated carbocycles. The molecule has 2 aliphatic heterocycles. The highest BCUT2D eigenvalue weighted by Gasteiger charge is 2.28. The number of carbonyl (C=O) groups is 1. The van der Waals surface area contributed by atoms with E-state index in [9.17, 15) is 23.1 Å². The lowest BCUT2D eigenvalue weighted by atomic mass is 10.0. The van der Waals surface area contributed by atoms with Crippen LogP contribution in [-0.2, 0) is 9.53 Å². The van der Waals surface area contributed by atoms with Gasteiger partial charge in [-0.3, -0.25) is 4.79 Å². The van der Waals surface area contributed by atoms with Gasteiger partial charge in [-0.1, -0.05) is 18.9 Å². The van der Waals surface area contributed by atoms with Crippen molar-refractivity contribution < 1.29 is 37.3 Å². The van der Waals surface area contributed by atoms with Crippen LogP contribution in [0.4, 0.5) is 13.2 Å². The van der Waals surface area contributed by atoms with Gasteiger partial charge in [0.1, 0.15) is 25.9 Å². The van der Waals surface area contributed by atoms with Crippen LogP contribution in [0.15, 0.2) is 18.2 Å². The average molecular weight is 489 g/mol. The molecule has 1 aromatic carbocycles. The maximum Gasteiger partial charge on any atom is 0.411 e. The summed E-state index contributed by atoms with van der Waals surface area (Å²) in [5.41, 5.74) is 0.660. The number of hydrogen-bond acceptors (Lipinski definition) is 6. The van der Waals surface area contributed by atoms with Gasteiger partial charge in [0, 0.05) is 19.6 Å². The third-order valence-corrected chi connectivity index (χ3v) is 6.00. The predicted octanol–water partition coefficient (Wildman–Crippen LogP) is 3.60. The van der Waals surface area contributed by atoms with Crippen LogP contribution in [0.1, 0.15) is 56.6 Å². The van der Waals surface area contributed by atoms with Gasteiger partial charge in [-0.05, 0) is 56.5 Å². The molecule has 0 bridgehead atoms. The first-order chi connectivity index (χ1) is 16.3. The number of carbonyl (C=O) groups excluding carboxylic acids is 1. The summed E-state index contributed by atoms with van der Waals surface area (Å²) in [5, 5.41) is 14.1. The lowest BCUT2D eigenvalue weighted by Gasteiger charge is -2.29. The Morgan fingerprint density at radius 1 is 1.09 bits per heavy atom. The molecule has 0 unspecified atom stereocenters. The summed E-state index contributed by atoms with van der Waals surface area (Å²) in [7, 11) is 0. The van der Waals surface area contributed by atoms with Gasteiger partial charge in [0.05, 0.1) is 6.04 Å². The summed E-state index contributed by atoms with van der Waals surface area (Å²) in [6.45, 7) is 2.22. The van der Waals surface area contributed by atoms with E-state index in [1.165, 1.54) is 0 Å². The van der Waals surface area contributed by atoms with Gasteiger partial charge in [-0.25, -0.2) is 0 Å². The molecule has 2 aliphatic rings. The molecule has 0 spiro atoms. The number of alkyl halides is 3. The van der Waals surface area contributed by atoms with E-state index in [0.29, 0.717) is 62.5 Å².